The van der Waals surface area contributed by atoms with Crippen LogP contribution >= 0.6 is 0 Å². The van der Waals surface area contributed by atoms with E-state index in [1.807, 2.05) is 6.92 Å². The van der Waals surface area contributed by atoms with Crippen LogP contribution in [0, 0.1) is 0 Å². The van der Waals surface area contributed by atoms with Crippen LogP contribution in [0.1, 0.15) is 32.6 Å². The second-order valence-electron chi connectivity index (χ2n) is 3.91. The molecule has 1 heterocycles. The van der Waals surface area contributed by atoms with E-state index in [9.17, 15) is 8.42 Å². The summed E-state index contributed by atoms with van der Waals surface area (Å²) in [5.74, 6) is 0.258. The molecule has 5 heteroatoms. The molecule has 1 atom stereocenters. The highest BCUT2D eigenvalue weighted by Crippen LogP contribution is 2.21. The fourth-order valence-electron chi connectivity index (χ4n) is 1.87. The van der Waals surface area contributed by atoms with Crippen LogP contribution in [0.15, 0.2) is 0 Å². The Bertz CT molecular complexity index is 264. The summed E-state index contributed by atoms with van der Waals surface area (Å²) in [6.45, 7) is 3.25. The van der Waals surface area contributed by atoms with E-state index >= 15 is 0 Å². The zero-order valence-electron chi connectivity index (χ0n) is 8.78. The van der Waals surface area contributed by atoms with Gasteiger partial charge in [-0.25, -0.2) is 8.42 Å². The van der Waals surface area contributed by atoms with Gasteiger partial charge in [0.15, 0.2) is 0 Å². The molecule has 0 aromatic heterocycles. The van der Waals surface area contributed by atoms with Gasteiger partial charge in [0, 0.05) is 12.6 Å². The largest absolute Gasteiger partial charge is 0.330 e. The van der Waals surface area contributed by atoms with Gasteiger partial charge in [-0.05, 0) is 39.2 Å². The van der Waals surface area contributed by atoms with E-state index in [4.69, 9.17) is 5.73 Å². The van der Waals surface area contributed by atoms with Crippen molar-refractivity contribution >= 4 is 10.0 Å². The minimum Gasteiger partial charge on any atom is -0.330 e. The minimum atomic E-state index is -3.00. The van der Waals surface area contributed by atoms with E-state index in [-0.39, 0.29) is 11.8 Å². The lowest BCUT2D eigenvalue weighted by Gasteiger charge is -2.20. The lowest BCUT2D eigenvalue weighted by Crippen LogP contribution is -2.35. The normalized spacial score (nSPS) is 24.3. The number of hydrogen-bond acceptors (Lipinski definition) is 3. The molecule has 84 valence electrons. The minimum absolute atomic E-state index is 0.192. The third kappa shape index (κ3) is 2.93. The Morgan fingerprint density at radius 3 is 2.64 bits per heavy atom. The van der Waals surface area contributed by atoms with E-state index < -0.39 is 10.0 Å². The van der Waals surface area contributed by atoms with Crippen molar-refractivity contribution in [2.45, 2.75) is 38.6 Å². The van der Waals surface area contributed by atoms with Crippen molar-refractivity contribution in [3.63, 3.8) is 0 Å². The van der Waals surface area contributed by atoms with Gasteiger partial charge in [-0.3, -0.25) is 0 Å². The molecule has 1 rings (SSSR count). The number of unbranched alkanes of at least 4 members (excludes halogenated alkanes) is 1. The van der Waals surface area contributed by atoms with Crippen molar-refractivity contribution in [1.29, 1.82) is 0 Å². The molecule has 0 amide bonds. The van der Waals surface area contributed by atoms with Gasteiger partial charge in [0.1, 0.15) is 0 Å². The van der Waals surface area contributed by atoms with Crippen molar-refractivity contribution in [3.05, 3.63) is 0 Å². The van der Waals surface area contributed by atoms with Gasteiger partial charge in [0.05, 0.1) is 5.75 Å². The van der Waals surface area contributed by atoms with E-state index in [2.05, 4.69) is 0 Å². The number of nitrogens with zero attached hydrogens (tertiary/aromatic N) is 1. The maximum Gasteiger partial charge on any atom is 0.214 e. The zero-order valence-corrected chi connectivity index (χ0v) is 9.59. The van der Waals surface area contributed by atoms with Gasteiger partial charge in [0.25, 0.3) is 0 Å². The maximum atomic E-state index is 11.8. The molecule has 0 aromatic rings. The van der Waals surface area contributed by atoms with Crippen LogP contribution < -0.4 is 5.73 Å². The first-order valence-corrected chi connectivity index (χ1v) is 6.88. The first-order valence-electron chi connectivity index (χ1n) is 5.27. The highest BCUT2D eigenvalue weighted by molar-refractivity contribution is 7.89. The van der Waals surface area contributed by atoms with Crippen molar-refractivity contribution < 1.29 is 8.42 Å². The molecule has 0 bridgehead atoms. The van der Waals surface area contributed by atoms with Gasteiger partial charge < -0.3 is 5.73 Å². The highest BCUT2D eigenvalue weighted by Gasteiger charge is 2.30. The molecule has 0 aromatic carbocycles. The van der Waals surface area contributed by atoms with E-state index in [0.717, 1.165) is 19.3 Å². The summed E-state index contributed by atoms with van der Waals surface area (Å²) in [5, 5.41) is 0. The van der Waals surface area contributed by atoms with Gasteiger partial charge in [-0.1, -0.05) is 0 Å². The summed E-state index contributed by atoms with van der Waals surface area (Å²) < 4.78 is 25.2. The van der Waals surface area contributed by atoms with Gasteiger partial charge in [-0.15, -0.1) is 0 Å². The quantitative estimate of drug-likeness (QED) is 0.688. The summed E-state index contributed by atoms with van der Waals surface area (Å²) in [7, 11) is -3.00. The molecular formula is C9H20N2O2S. The Balaban J connectivity index is 2.47. The second kappa shape index (κ2) is 5.09. The smallest absolute Gasteiger partial charge is 0.214 e. The molecule has 0 saturated carbocycles. The van der Waals surface area contributed by atoms with Crippen LogP contribution in [0.2, 0.25) is 0 Å². The molecule has 1 aliphatic rings. The first-order chi connectivity index (χ1) is 6.58. The summed E-state index contributed by atoms with van der Waals surface area (Å²) in [6.07, 6.45) is 3.47. The summed E-state index contributed by atoms with van der Waals surface area (Å²) in [4.78, 5) is 0. The highest BCUT2D eigenvalue weighted by atomic mass is 32.2. The van der Waals surface area contributed by atoms with Crippen LogP contribution in [0.5, 0.6) is 0 Å². The molecule has 14 heavy (non-hydrogen) atoms. The van der Waals surface area contributed by atoms with Crippen LogP contribution in [0.3, 0.4) is 0 Å². The topological polar surface area (TPSA) is 63.4 Å². The Morgan fingerprint density at radius 2 is 2.14 bits per heavy atom. The predicted molar refractivity (Wildman–Crippen MR) is 57.5 cm³/mol. The van der Waals surface area contributed by atoms with E-state index in [1.54, 1.807) is 4.31 Å². The number of nitrogens with two attached hydrogens (primary N) is 1. The lowest BCUT2D eigenvalue weighted by molar-refractivity contribution is 0.407. The SMILES string of the molecule is CC1CCCN1S(=O)(=O)CCCCN. The van der Waals surface area contributed by atoms with Gasteiger partial charge in [0.2, 0.25) is 10.0 Å². The number of hydrogen-bond donors (Lipinski definition) is 1. The Hall–Kier alpha value is -0.130. The van der Waals surface area contributed by atoms with Crippen LogP contribution in [-0.4, -0.2) is 37.6 Å². The van der Waals surface area contributed by atoms with Crippen molar-refractivity contribution in [1.82, 2.24) is 4.31 Å². The van der Waals surface area contributed by atoms with Crippen LogP contribution in [0.25, 0.3) is 0 Å². The Labute approximate surface area is 86.5 Å². The molecule has 1 unspecified atom stereocenters. The summed E-state index contributed by atoms with van der Waals surface area (Å²) in [6, 6.07) is 0.192. The van der Waals surface area contributed by atoms with Gasteiger partial charge >= 0.3 is 0 Å². The third-order valence-electron chi connectivity index (χ3n) is 2.71. The first kappa shape index (κ1) is 11.9. The fourth-order valence-corrected chi connectivity index (χ4v) is 3.73. The van der Waals surface area contributed by atoms with Crippen molar-refractivity contribution in [2.75, 3.05) is 18.8 Å². The van der Waals surface area contributed by atoms with Gasteiger partial charge in [-0.2, -0.15) is 4.31 Å². The fraction of sp³-hybridized carbons (Fsp3) is 1.00. The molecule has 4 nitrogen and oxygen atoms in total. The summed E-state index contributed by atoms with van der Waals surface area (Å²) in [5.41, 5.74) is 5.33. The average Bonchev–Trinajstić information content (AvgIpc) is 2.52. The van der Waals surface area contributed by atoms with Crippen molar-refractivity contribution in [2.24, 2.45) is 5.73 Å². The summed E-state index contributed by atoms with van der Waals surface area (Å²) >= 11 is 0. The van der Waals surface area contributed by atoms with E-state index in [0.29, 0.717) is 19.5 Å². The zero-order chi connectivity index (χ0) is 10.6. The van der Waals surface area contributed by atoms with Crippen LogP contribution in [0.4, 0.5) is 0 Å². The molecule has 1 aliphatic heterocycles. The molecule has 0 aliphatic carbocycles. The maximum absolute atomic E-state index is 11.8. The molecule has 1 saturated heterocycles. The molecule has 1 fully saturated rings. The Morgan fingerprint density at radius 1 is 1.43 bits per heavy atom. The predicted octanol–water partition coefficient (Wildman–Crippen LogP) is 0.539. The molecule has 0 radical (unpaired) electrons. The lowest BCUT2D eigenvalue weighted by atomic mass is 10.3. The standard InChI is InChI=1S/C9H20N2O2S/c1-9-5-4-7-11(9)14(12,13)8-3-2-6-10/h9H,2-8,10H2,1H3. The number of rotatable bonds is 5. The van der Waals surface area contributed by atoms with Crippen molar-refractivity contribution in [3.8, 4) is 0 Å². The van der Waals surface area contributed by atoms with E-state index in [1.165, 1.54) is 0 Å². The third-order valence-corrected chi connectivity index (χ3v) is 4.77. The molecule has 2 N–H and O–H groups in total. The monoisotopic (exact) mass is 220 g/mol. The second-order valence-corrected chi connectivity index (χ2v) is 5.95. The molecule has 0 spiro atoms. The molecular weight excluding hydrogens is 200 g/mol. The number of sulfonamides is 1. The average molecular weight is 220 g/mol. The Kier molecular flexibility index (Phi) is 4.34. The van der Waals surface area contributed by atoms with Crippen LogP contribution in [-0.2, 0) is 10.0 Å².